The molecular formula is C17H10BrClS2. The number of rotatable bonds is 2. The Hall–Kier alpha value is -0.870. The molecule has 0 aliphatic heterocycles. The highest BCUT2D eigenvalue weighted by Crippen LogP contribution is 2.42. The monoisotopic (exact) mass is 392 g/mol. The topological polar surface area (TPSA) is 0 Å². The normalized spacial score (nSPS) is 13.0. The molecule has 0 amide bonds. The zero-order valence-corrected chi connectivity index (χ0v) is 14.8. The lowest BCUT2D eigenvalue weighted by molar-refractivity contribution is 1.25. The molecule has 21 heavy (non-hydrogen) atoms. The maximum Gasteiger partial charge on any atom is 0.0744 e. The first-order valence-electron chi connectivity index (χ1n) is 6.52. The van der Waals surface area contributed by atoms with Gasteiger partial charge < -0.3 is 0 Å². The summed E-state index contributed by atoms with van der Waals surface area (Å²) in [4.78, 5) is 1.54. The number of hydrogen-bond acceptors (Lipinski definition) is 2. The molecule has 1 atom stereocenters. The van der Waals surface area contributed by atoms with Crippen molar-refractivity contribution in [2.24, 2.45) is 0 Å². The second kappa shape index (κ2) is 5.40. The lowest BCUT2D eigenvalue weighted by Crippen LogP contribution is -1.91. The van der Waals surface area contributed by atoms with Gasteiger partial charge in [0.2, 0.25) is 0 Å². The first-order valence-corrected chi connectivity index (χ1v) is 9.51. The second-order valence-electron chi connectivity index (χ2n) is 4.84. The molecule has 4 aromatic rings. The third-order valence-electron chi connectivity index (χ3n) is 3.59. The molecule has 0 nitrogen and oxygen atoms in total. The maximum absolute atomic E-state index is 6.32. The molecule has 0 saturated carbocycles. The van der Waals surface area contributed by atoms with Crippen molar-refractivity contribution in [3.8, 4) is 0 Å². The van der Waals surface area contributed by atoms with Gasteiger partial charge in [0.05, 0.1) is 4.83 Å². The smallest absolute Gasteiger partial charge is 0.0744 e. The molecule has 2 aromatic carbocycles. The predicted molar refractivity (Wildman–Crippen MR) is 99.4 cm³/mol. The van der Waals surface area contributed by atoms with E-state index in [4.69, 9.17) is 11.6 Å². The molecule has 4 heteroatoms. The molecule has 0 N–H and O–H groups in total. The molecule has 0 fully saturated rings. The predicted octanol–water partition coefficient (Wildman–Crippen LogP) is 7.25. The largest absolute Gasteiger partial charge is 0.143 e. The van der Waals surface area contributed by atoms with Gasteiger partial charge >= 0.3 is 0 Å². The SMILES string of the molecule is Clc1ccc(C(Br)c2cc3sccc3s2)c2ccccc12. The van der Waals surface area contributed by atoms with E-state index in [0.29, 0.717) is 0 Å². The fourth-order valence-electron chi connectivity index (χ4n) is 2.57. The Labute approximate surface area is 144 Å². The van der Waals surface area contributed by atoms with Crippen molar-refractivity contribution < 1.29 is 0 Å². The fraction of sp³-hybridized carbons (Fsp3) is 0.0588. The van der Waals surface area contributed by atoms with Crippen LogP contribution in [-0.4, -0.2) is 0 Å². The summed E-state index contributed by atoms with van der Waals surface area (Å²) >= 11 is 13.8. The number of thiophene rings is 2. The molecule has 104 valence electrons. The van der Waals surface area contributed by atoms with Crippen LogP contribution in [0.1, 0.15) is 15.3 Å². The van der Waals surface area contributed by atoms with E-state index in [1.54, 1.807) is 11.3 Å². The molecule has 2 aromatic heterocycles. The van der Waals surface area contributed by atoms with Gasteiger partial charge in [0.25, 0.3) is 0 Å². The van der Waals surface area contributed by atoms with Gasteiger partial charge in [-0.15, -0.1) is 22.7 Å². The van der Waals surface area contributed by atoms with Crippen LogP contribution in [0.25, 0.3) is 20.2 Å². The van der Waals surface area contributed by atoms with Crippen molar-refractivity contribution in [3.05, 3.63) is 69.4 Å². The van der Waals surface area contributed by atoms with Crippen LogP contribution in [-0.2, 0) is 0 Å². The van der Waals surface area contributed by atoms with Crippen molar-refractivity contribution in [1.29, 1.82) is 0 Å². The third kappa shape index (κ3) is 2.33. The lowest BCUT2D eigenvalue weighted by Gasteiger charge is -2.12. The molecule has 0 saturated heterocycles. The number of hydrogen-bond donors (Lipinski definition) is 0. The third-order valence-corrected chi connectivity index (χ3v) is 7.36. The summed E-state index contributed by atoms with van der Waals surface area (Å²) in [6, 6.07) is 16.9. The van der Waals surface area contributed by atoms with Crippen molar-refractivity contribution in [3.63, 3.8) is 0 Å². The number of fused-ring (bicyclic) bond motifs is 2. The average molecular weight is 394 g/mol. The van der Waals surface area contributed by atoms with E-state index in [1.807, 2.05) is 23.5 Å². The zero-order chi connectivity index (χ0) is 14.4. The molecule has 0 bridgehead atoms. The Kier molecular flexibility index (Phi) is 3.54. The number of benzene rings is 2. The molecular weight excluding hydrogens is 384 g/mol. The molecule has 0 radical (unpaired) electrons. The summed E-state index contributed by atoms with van der Waals surface area (Å²) in [7, 11) is 0. The minimum atomic E-state index is 0.198. The van der Waals surface area contributed by atoms with Crippen molar-refractivity contribution in [2.45, 2.75) is 4.83 Å². The molecule has 0 aliphatic rings. The van der Waals surface area contributed by atoms with Crippen LogP contribution in [0.4, 0.5) is 0 Å². The van der Waals surface area contributed by atoms with Crippen LogP contribution in [0.15, 0.2) is 53.9 Å². The van der Waals surface area contributed by atoms with E-state index in [2.05, 4.69) is 57.7 Å². The van der Waals surface area contributed by atoms with Gasteiger partial charge in [0.1, 0.15) is 0 Å². The van der Waals surface area contributed by atoms with Gasteiger partial charge in [-0.25, -0.2) is 0 Å². The minimum absolute atomic E-state index is 0.198. The highest BCUT2D eigenvalue weighted by Gasteiger charge is 2.17. The van der Waals surface area contributed by atoms with Crippen LogP contribution < -0.4 is 0 Å². The van der Waals surface area contributed by atoms with Crippen molar-refractivity contribution >= 4 is 70.4 Å². The van der Waals surface area contributed by atoms with Crippen LogP contribution in [0.3, 0.4) is 0 Å². The maximum atomic E-state index is 6.32. The Morgan fingerprint density at radius 3 is 2.57 bits per heavy atom. The summed E-state index contributed by atoms with van der Waals surface area (Å²) in [5.41, 5.74) is 1.27. The van der Waals surface area contributed by atoms with E-state index in [0.717, 1.165) is 10.4 Å². The molecule has 1 unspecified atom stereocenters. The van der Waals surface area contributed by atoms with Gasteiger partial charge in [-0.1, -0.05) is 57.9 Å². The molecule has 0 aliphatic carbocycles. The highest BCUT2D eigenvalue weighted by molar-refractivity contribution is 9.09. The fourth-order valence-corrected chi connectivity index (χ4v) is 5.73. The Morgan fingerprint density at radius 2 is 1.76 bits per heavy atom. The Morgan fingerprint density at radius 1 is 0.952 bits per heavy atom. The first-order chi connectivity index (χ1) is 10.2. The van der Waals surface area contributed by atoms with Crippen LogP contribution >= 0.6 is 50.2 Å². The lowest BCUT2D eigenvalue weighted by atomic mass is 10.0. The highest BCUT2D eigenvalue weighted by atomic mass is 79.9. The van der Waals surface area contributed by atoms with Gasteiger partial charge in [-0.05, 0) is 34.5 Å². The van der Waals surface area contributed by atoms with E-state index in [1.165, 1.54) is 25.2 Å². The van der Waals surface area contributed by atoms with Gasteiger partial charge in [0.15, 0.2) is 0 Å². The van der Waals surface area contributed by atoms with Crippen LogP contribution in [0.2, 0.25) is 5.02 Å². The summed E-state index contributed by atoms with van der Waals surface area (Å²) in [6.45, 7) is 0. The summed E-state index contributed by atoms with van der Waals surface area (Å²) in [6.07, 6.45) is 0. The molecule has 0 spiro atoms. The number of alkyl halides is 1. The first kappa shape index (κ1) is 13.8. The van der Waals surface area contributed by atoms with E-state index in [-0.39, 0.29) is 4.83 Å². The molecule has 4 rings (SSSR count). The van der Waals surface area contributed by atoms with Crippen LogP contribution in [0, 0.1) is 0 Å². The van der Waals surface area contributed by atoms with Crippen molar-refractivity contribution in [2.75, 3.05) is 0 Å². The average Bonchev–Trinajstić information content (AvgIpc) is 3.08. The van der Waals surface area contributed by atoms with Gasteiger partial charge in [-0.3, -0.25) is 0 Å². The van der Waals surface area contributed by atoms with Gasteiger partial charge in [-0.2, -0.15) is 0 Å². The summed E-state index contributed by atoms with van der Waals surface area (Å²) in [5.74, 6) is 0. The summed E-state index contributed by atoms with van der Waals surface area (Å²) in [5, 5.41) is 5.27. The second-order valence-corrected chi connectivity index (χ2v) is 8.23. The summed E-state index contributed by atoms with van der Waals surface area (Å²) < 4.78 is 2.72. The van der Waals surface area contributed by atoms with E-state index >= 15 is 0 Å². The van der Waals surface area contributed by atoms with E-state index in [9.17, 15) is 0 Å². The molecule has 2 heterocycles. The quantitative estimate of drug-likeness (QED) is 0.314. The Balaban J connectivity index is 1.89. The van der Waals surface area contributed by atoms with Crippen molar-refractivity contribution in [1.82, 2.24) is 0 Å². The standard InChI is InChI=1S/C17H10BrClS2/c18-17(16-9-15-14(21-16)7-8-20-15)12-5-6-13(19)11-4-2-1-3-10(11)12/h1-9,17H. The zero-order valence-electron chi connectivity index (χ0n) is 10.8. The van der Waals surface area contributed by atoms with E-state index < -0.39 is 0 Å². The Bertz CT molecular complexity index is 910. The van der Waals surface area contributed by atoms with Crippen LogP contribution in [0.5, 0.6) is 0 Å². The number of halogens is 2. The van der Waals surface area contributed by atoms with Gasteiger partial charge in [0, 0.05) is 24.7 Å². The minimum Gasteiger partial charge on any atom is -0.143 e.